The molecule has 0 unspecified atom stereocenters. The molecule has 2 aromatic carbocycles. The SMILES string of the molecule is O=C(Nc1nc2ccccc2[nH]1)c1cnn(-c2cccc(Cl)c2)c1. The molecule has 2 heterocycles. The van der Waals surface area contributed by atoms with Crippen LogP contribution in [0.5, 0.6) is 0 Å². The number of halogens is 1. The molecule has 0 fully saturated rings. The van der Waals surface area contributed by atoms with E-state index in [-0.39, 0.29) is 5.91 Å². The Morgan fingerprint density at radius 2 is 2.04 bits per heavy atom. The molecular weight excluding hydrogens is 326 g/mol. The highest BCUT2D eigenvalue weighted by Gasteiger charge is 2.12. The lowest BCUT2D eigenvalue weighted by Gasteiger charge is -2.01. The van der Waals surface area contributed by atoms with Gasteiger partial charge in [-0.3, -0.25) is 10.1 Å². The number of fused-ring (bicyclic) bond motifs is 1. The standard InChI is InChI=1S/C17H12ClN5O/c18-12-4-3-5-13(8-12)23-10-11(9-19-23)16(24)22-17-20-14-6-1-2-7-15(14)21-17/h1-10H,(H2,20,21,22,24). The summed E-state index contributed by atoms with van der Waals surface area (Å²) in [5, 5.41) is 7.55. The maximum Gasteiger partial charge on any atom is 0.261 e. The van der Waals surface area contributed by atoms with Crippen LogP contribution in [0, 0.1) is 0 Å². The zero-order chi connectivity index (χ0) is 16.5. The van der Waals surface area contributed by atoms with Crippen LogP contribution in [0.3, 0.4) is 0 Å². The fourth-order valence-electron chi connectivity index (χ4n) is 2.39. The molecule has 0 saturated carbocycles. The van der Waals surface area contributed by atoms with Gasteiger partial charge in [0, 0.05) is 11.2 Å². The van der Waals surface area contributed by atoms with Crippen LogP contribution in [0.25, 0.3) is 16.7 Å². The average molecular weight is 338 g/mol. The molecule has 0 spiro atoms. The molecule has 0 aliphatic carbocycles. The number of aromatic nitrogens is 4. The monoisotopic (exact) mass is 337 g/mol. The lowest BCUT2D eigenvalue weighted by Crippen LogP contribution is -2.12. The van der Waals surface area contributed by atoms with Crippen molar-refractivity contribution in [2.24, 2.45) is 0 Å². The molecule has 24 heavy (non-hydrogen) atoms. The summed E-state index contributed by atoms with van der Waals surface area (Å²) in [5.74, 6) is 0.110. The normalized spacial score (nSPS) is 10.9. The molecule has 2 N–H and O–H groups in total. The number of nitrogens with one attached hydrogen (secondary N) is 2. The first-order chi connectivity index (χ1) is 11.7. The number of hydrogen-bond donors (Lipinski definition) is 2. The number of benzene rings is 2. The lowest BCUT2D eigenvalue weighted by atomic mass is 10.3. The second-order valence-corrected chi connectivity index (χ2v) is 5.65. The van der Waals surface area contributed by atoms with Gasteiger partial charge in [0.05, 0.1) is 28.5 Å². The minimum atomic E-state index is -0.290. The van der Waals surface area contributed by atoms with Crippen LogP contribution >= 0.6 is 11.6 Å². The van der Waals surface area contributed by atoms with E-state index in [0.717, 1.165) is 16.7 Å². The van der Waals surface area contributed by atoms with E-state index in [1.54, 1.807) is 23.0 Å². The Kier molecular flexibility index (Phi) is 3.51. The summed E-state index contributed by atoms with van der Waals surface area (Å²) < 4.78 is 1.60. The summed E-state index contributed by atoms with van der Waals surface area (Å²) in [5.41, 5.74) is 2.87. The largest absolute Gasteiger partial charge is 0.324 e. The topological polar surface area (TPSA) is 75.6 Å². The number of H-pyrrole nitrogens is 1. The predicted molar refractivity (Wildman–Crippen MR) is 92.6 cm³/mol. The molecule has 0 saturated heterocycles. The van der Waals surface area contributed by atoms with Gasteiger partial charge in [0.25, 0.3) is 5.91 Å². The van der Waals surface area contributed by atoms with Crippen LogP contribution in [0.15, 0.2) is 60.9 Å². The quantitative estimate of drug-likeness (QED) is 0.599. The molecule has 7 heteroatoms. The van der Waals surface area contributed by atoms with Gasteiger partial charge >= 0.3 is 0 Å². The first-order valence-corrected chi connectivity index (χ1v) is 7.63. The average Bonchev–Trinajstić information content (AvgIpc) is 3.21. The number of rotatable bonds is 3. The van der Waals surface area contributed by atoms with E-state index in [1.165, 1.54) is 6.20 Å². The van der Waals surface area contributed by atoms with Gasteiger partial charge in [-0.1, -0.05) is 29.8 Å². The van der Waals surface area contributed by atoms with Crippen molar-refractivity contribution in [1.82, 2.24) is 19.7 Å². The van der Waals surface area contributed by atoms with E-state index in [2.05, 4.69) is 20.4 Å². The van der Waals surface area contributed by atoms with Gasteiger partial charge < -0.3 is 4.98 Å². The number of anilines is 1. The Labute approximate surface area is 142 Å². The third-order valence-corrected chi connectivity index (χ3v) is 3.77. The number of aromatic amines is 1. The molecule has 0 radical (unpaired) electrons. The fraction of sp³-hybridized carbons (Fsp3) is 0. The van der Waals surface area contributed by atoms with Gasteiger partial charge in [-0.2, -0.15) is 5.10 Å². The highest BCUT2D eigenvalue weighted by molar-refractivity contribution is 6.30. The van der Waals surface area contributed by atoms with Gasteiger partial charge in [0.1, 0.15) is 0 Å². The first kappa shape index (κ1) is 14.5. The molecule has 0 bridgehead atoms. The van der Waals surface area contributed by atoms with Gasteiger partial charge in [-0.25, -0.2) is 9.67 Å². The van der Waals surface area contributed by atoms with Crippen LogP contribution in [-0.2, 0) is 0 Å². The van der Waals surface area contributed by atoms with E-state index in [1.807, 2.05) is 36.4 Å². The number of imidazole rings is 1. The molecule has 6 nitrogen and oxygen atoms in total. The first-order valence-electron chi connectivity index (χ1n) is 7.26. The van der Waals surface area contributed by atoms with Crippen molar-refractivity contribution in [2.75, 3.05) is 5.32 Å². The van der Waals surface area contributed by atoms with Crippen molar-refractivity contribution < 1.29 is 4.79 Å². The zero-order valence-electron chi connectivity index (χ0n) is 12.4. The zero-order valence-corrected chi connectivity index (χ0v) is 13.2. The molecule has 4 aromatic rings. The third kappa shape index (κ3) is 2.75. The van der Waals surface area contributed by atoms with Gasteiger partial charge in [0.2, 0.25) is 5.95 Å². The van der Waals surface area contributed by atoms with E-state index in [4.69, 9.17) is 11.6 Å². The summed E-state index contributed by atoms with van der Waals surface area (Å²) in [7, 11) is 0. The number of nitrogens with zero attached hydrogens (tertiary/aromatic N) is 3. The molecule has 4 rings (SSSR count). The molecule has 118 valence electrons. The van der Waals surface area contributed by atoms with Crippen molar-refractivity contribution in [3.8, 4) is 5.69 Å². The lowest BCUT2D eigenvalue weighted by molar-refractivity contribution is 0.102. The number of amides is 1. The van der Waals surface area contributed by atoms with E-state index >= 15 is 0 Å². The van der Waals surface area contributed by atoms with E-state index in [0.29, 0.717) is 16.5 Å². The van der Waals surface area contributed by atoms with Crippen LogP contribution in [-0.4, -0.2) is 25.7 Å². The fourth-order valence-corrected chi connectivity index (χ4v) is 2.58. The second-order valence-electron chi connectivity index (χ2n) is 5.21. The number of hydrogen-bond acceptors (Lipinski definition) is 3. The summed E-state index contributed by atoms with van der Waals surface area (Å²) in [6, 6.07) is 14.8. The predicted octanol–water partition coefficient (Wildman–Crippen LogP) is 3.65. The van der Waals surface area contributed by atoms with Crippen LogP contribution in [0.2, 0.25) is 5.02 Å². The highest BCUT2D eigenvalue weighted by Crippen LogP contribution is 2.16. The third-order valence-electron chi connectivity index (χ3n) is 3.54. The van der Waals surface area contributed by atoms with Crippen LogP contribution in [0.1, 0.15) is 10.4 Å². The summed E-state index contributed by atoms with van der Waals surface area (Å²) in [6.07, 6.45) is 3.14. The van der Waals surface area contributed by atoms with Crippen molar-refractivity contribution in [3.05, 3.63) is 71.5 Å². The Hall–Kier alpha value is -3.12. The van der Waals surface area contributed by atoms with Crippen molar-refractivity contribution >= 4 is 34.5 Å². The Morgan fingerprint density at radius 1 is 1.17 bits per heavy atom. The van der Waals surface area contributed by atoms with Crippen LogP contribution in [0.4, 0.5) is 5.95 Å². The van der Waals surface area contributed by atoms with E-state index < -0.39 is 0 Å². The Morgan fingerprint density at radius 3 is 2.88 bits per heavy atom. The van der Waals surface area contributed by atoms with Gasteiger partial charge in [-0.15, -0.1) is 0 Å². The smallest absolute Gasteiger partial charge is 0.261 e. The Bertz CT molecular complexity index is 1000. The minimum Gasteiger partial charge on any atom is -0.324 e. The van der Waals surface area contributed by atoms with Gasteiger partial charge in [0.15, 0.2) is 0 Å². The Balaban J connectivity index is 1.56. The number of carbonyl (C=O) groups excluding carboxylic acids is 1. The summed E-state index contributed by atoms with van der Waals surface area (Å²) >= 11 is 5.98. The molecule has 2 aromatic heterocycles. The van der Waals surface area contributed by atoms with Gasteiger partial charge in [-0.05, 0) is 30.3 Å². The van der Waals surface area contributed by atoms with Crippen molar-refractivity contribution in [1.29, 1.82) is 0 Å². The molecule has 0 aliphatic rings. The number of para-hydroxylation sites is 2. The van der Waals surface area contributed by atoms with E-state index in [9.17, 15) is 4.79 Å². The molecule has 0 atom stereocenters. The second kappa shape index (κ2) is 5.82. The highest BCUT2D eigenvalue weighted by atomic mass is 35.5. The summed E-state index contributed by atoms with van der Waals surface area (Å²) in [6.45, 7) is 0. The minimum absolute atomic E-state index is 0.290. The molecule has 0 aliphatic heterocycles. The molecular formula is C17H12ClN5O. The maximum absolute atomic E-state index is 12.4. The van der Waals surface area contributed by atoms with Crippen molar-refractivity contribution in [2.45, 2.75) is 0 Å². The van der Waals surface area contributed by atoms with Crippen LogP contribution < -0.4 is 5.32 Å². The number of carbonyl (C=O) groups is 1. The maximum atomic E-state index is 12.4. The molecule has 1 amide bonds. The van der Waals surface area contributed by atoms with Crippen molar-refractivity contribution in [3.63, 3.8) is 0 Å². The summed E-state index contributed by atoms with van der Waals surface area (Å²) in [4.78, 5) is 19.7.